The topological polar surface area (TPSA) is 17.1 Å². The molecule has 0 aromatic heterocycles. The molecule has 0 amide bonds. The number of ketones is 1. The van der Waals surface area contributed by atoms with Gasteiger partial charge in [-0.05, 0) is 78.3 Å². The Hall–Kier alpha value is -2.77. The summed E-state index contributed by atoms with van der Waals surface area (Å²) in [7, 11) is 0. The molecule has 4 aliphatic rings. The van der Waals surface area contributed by atoms with Gasteiger partial charge in [-0.2, -0.15) is 0 Å². The first-order chi connectivity index (χ1) is 14.2. The highest BCUT2D eigenvalue weighted by atomic mass is 16.1. The lowest BCUT2D eigenvalue weighted by molar-refractivity contribution is 0.105. The van der Waals surface area contributed by atoms with Crippen LogP contribution < -0.4 is 0 Å². The summed E-state index contributed by atoms with van der Waals surface area (Å²) in [6.07, 6.45) is 8.32. The standard InChI is InChI=1S/C28H30O/c1-3-5-7-9-10-26-20-22-12-13-23-15-17-25(19-18-24(26)16-14-22)27(21-23)28(29)11-8-6-4-2/h14-17,20-21H,3-6,10,12-13,18-19H2,1-2H3. The van der Waals surface area contributed by atoms with Crippen LogP contribution in [0.5, 0.6) is 0 Å². The van der Waals surface area contributed by atoms with E-state index in [2.05, 4.69) is 73.9 Å². The number of Topliss-reactive ketones (excluding diaryl/α,β-unsaturated/α-hetero) is 1. The van der Waals surface area contributed by atoms with Gasteiger partial charge in [-0.15, -0.1) is 5.92 Å². The third kappa shape index (κ3) is 5.85. The highest BCUT2D eigenvalue weighted by Gasteiger charge is 2.14. The summed E-state index contributed by atoms with van der Waals surface area (Å²) in [5.41, 5.74) is 7.16. The molecule has 1 nitrogen and oxygen atoms in total. The van der Waals surface area contributed by atoms with Gasteiger partial charge in [0.2, 0.25) is 5.78 Å². The molecule has 0 unspecified atom stereocenters. The van der Waals surface area contributed by atoms with E-state index >= 15 is 0 Å². The van der Waals surface area contributed by atoms with Crippen molar-refractivity contribution in [1.29, 1.82) is 0 Å². The van der Waals surface area contributed by atoms with E-state index in [1.165, 1.54) is 22.3 Å². The van der Waals surface area contributed by atoms with Crippen LogP contribution >= 0.6 is 0 Å². The van der Waals surface area contributed by atoms with Crippen molar-refractivity contribution in [2.24, 2.45) is 0 Å². The third-order valence-corrected chi connectivity index (χ3v) is 5.41. The van der Waals surface area contributed by atoms with Gasteiger partial charge in [0.25, 0.3) is 0 Å². The first-order valence-electron chi connectivity index (χ1n) is 10.9. The number of carbonyl (C=O) groups excluding carboxylic acids is 1. The minimum Gasteiger partial charge on any atom is -0.279 e. The Morgan fingerprint density at radius 2 is 1.45 bits per heavy atom. The SMILES string of the molecule is CCCC#CCc1cc2ccc1CCc1ccc(cc1C(=O)C#CCCC)CC2. The van der Waals surface area contributed by atoms with Gasteiger partial charge in [0.1, 0.15) is 0 Å². The molecule has 0 saturated carbocycles. The Kier molecular flexibility index (Phi) is 7.72. The number of aryl methyl sites for hydroxylation is 4. The average molecular weight is 383 g/mol. The van der Waals surface area contributed by atoms with Crippen LogP contribution in [0.4, 0.5) is 0 Å². The van der Waals surface area contributed by atoms with Crippen molar-refractivity contribution in [2.75, 3.05) is 0 Å². The first kappa shape index (κ1) is 21.0. The molecular formula is C28H30O. The molecule has 0 N–H and O–H groups in total. The molecule has 2 aromatic carbocycles. The molecule has 0 aliphatic heterocycles. The summed E-state index contributed by atoms with van der Waals surface area (Å²) < 4.78 is 0. The molecule has 0 radical (unpaired) electrons. The van der Waals surface area contributed by atoms with Crippen LogP contribution in [0.3, 0.4) is 0 Å². The molecule has 0 atom stereocenters. The fraction of sp³-hybridized carbons (Fsp3) is 0.393. The van der Waals surface area contributed by atoms with Crippen LogP contribution in [0, 0.1) is 23.7 Å². The van der Waals surface area contributed by atoms with Crippen molar-refractivity contribution < 1.29 is 4.79 Å². The van der Waals surface area contributed by atoms with Gasteiger partial charge < -0.3 is 0 Å². The molecule has 1 heteroatoms. The van der Waals surface area contributed by atoms with E-state index in [9.17, 15) is 4.79 Å². The smallest absolute Gasteiger partial charge is 0.236 e. The van der Waals surface area contributed by atoms with Crippen molar-refractivity contribution >= 4 is 5.78 Å². The molecule has 29 heavy (non-hydrogen) atoms. The normalized spacial score (nSPS) is 12.2. The van der Waals surface area contributed by atoms with Crippen molar-refractivity contribution in [3.05, 3.63) is 69.8 Å². The van der Waals surface area contributed by atoms with Crippen LogP contribution in [0.1, 0.15) is 77.7 Å². The molecule has 6 rings (SSSR count). The fourth-order valence-electron chi connectivity index (χ4n) is 3.72. The lowest BCUT2D eigenvalue weighted by atomic mass is 9.89. The summed E-state index contributed by atoms with van der Waals surface area (Å²) >= 11 is 0. The van der Waals surface area contributed by atoms with Gasteiger partial charge in [-0.1, -0.05) is 56.0 Å². The number of rotatable bonds is 4. The van der Waals surface area contributed by atoms with Crippen LogP contribution in [0.2, 0.25) is 0 Å². The lowest BCUT2D eigenvalue weighted by Crippen LogP contribution is -2.07. The molecule has 0 saturated heterocycles. The van der Waals surface area contributed by atoms with Gasteiger partial charge >= 0.3 is 0 Å². The second kappa shape index (κ2) is 10.7. The highest BCUT2D eigenvalue weighted by molar-refractivity contribution is 6.10. The predicted molar refractivity (Wildman–Crippen MR) is 121 cm³/mol. The molecule has 0 heterocycles. The Balaban J connectivity index is 1.90. The summed E-state index contributed by atoms with van der Waals surface area (Å²) in [5.74, 6) is 12.5. The third-order valence-electron chi connectivity index (χ3n) is 5.41. The van der Waals surface area contributed by atoms with Crippen LogP contribution in [0.25, 0.3) is 0 Å². The average Bonchev–Trinajstić information content (AvgIpc) is 2.73. The zero-order chi connectivity index (χ0) is 20.5. The van der Waals surface area contributed by atoms with Crippen molar-refractivity contribution in [1.82, 2.24) is 0 Å². The van der Waals surface area contributed by atoms with E-state index in [4.69, 9.17) is 0 Å². The second-order valence-corrected chi connectivity index (χ2v) is 7.76. The number of carbonyl (C=O) groups is 1. The van der Waals surface area contributed by atoms with E-state index in [1.54, 1.807) is 0 Å². The molecule has 2 aromatic rings. The van der Waals surface area contributed by atoms with Gasteiger partial charge in [0, 0.05) is 24.8 Å². The number of benzene rings is 2. The summed E-state index contributed by atoms with van der Waals surface area (Å²) in [6.45, 7) is 4.24. The van der Waals surface area contributed by atoms with Crippen LogP contribution in [0.15, 0.2) is 36.4 Å². The molecule has 0 fully saturated rings. The molecule has 4 bridgehead atoms. The quantitative estimate of drug-likeness (QED) is 0.365. The summed E-state index contributed by atoms with van der Waals surface area (Å²) in [5, 5.41) is 0. The zero-order valence-corrected chi connectivity index (χ0v) is 17.7. The minimum absolute atomic E-state index is 0.0353. The Morgan fingerprint density at radius 1 is 0.793 bits per heavy atom. The number of hydrogen-bond donors (Lipinski definition) is 0. The van der Waals surface area contributed by atoms with Gasteiger partial charge in [-0.3, -0.25) is 4.79 Å². The number of unbranched alkanes of at least 4 members (excludes halogenated alkanes) is 2. The molecule has 4 aliphatic carbocycles. The maximum Gasteiger partial charge on any atom is 0.236 e. The van der Waals surface area contributed by atoms with E-state index in [0.29, 0.717) is 0 Å². The van der Waals surface area contributed by atoms with Crippen molar-refractivity contribution in [3.8, 4) is 23.7 Å². The maximum atomic E-state index is 12.7. The van der Waals surface area contributed by atoms with Crippen LogP contribution in [-0.4, -0.2) is 5.78 Å². The van der Waals surface area contributed by atoms with Gasteiger partial charge in [0.05, 0.1) is 0 Å². The van der Waals surface area contributed by atoms with E-state index < -0.39 is 0 Å². The second-order valence-electron chi connectivity index (χ2n) is 7.76. The fourth-order valence-corrected chi connectivity index (χ4v) is 3.72. The molecule has 148 valence electrons. The monoisotopic (exact) mass is 382 g/mol. The van der Waals surface area contributed by atoms with Gasteiger partial charge in [0.15, 0.2) is 0 Å². The first-order valence-corrected chi connectivity index (χ1v) is 10.9. The van der Waals surface area contributed by atoms with Crippen LogP contribution in [-0.2, 0) is 32.1 Å². The Labute approximate surface area is 175 Å². The maximum absolute atomic E-state index is 12.7. The van der Waals surface area contributed by atoms with Crippen molar-refractivity contribution in [3.63, 3.8) is 0 Å². The van der Waals surface area contributed by atoms with Gasteiger partial charge in [-0.25, -0.2) is 0 Å². The summed E-state index contributed by atoms with van der Waals surface area (Å²) in [4.78, 5) is 12.7. The zero-order valence-electron chi connectivity index (χ0n) is 17.7. The molecule has 0 spiro atoms. The molecular weight excluding hydrogens is 352 g/mol. The van der Waals surface area contributed by atoms with E-state index in [1.807, 2.05) is 0 Å². The lowest BCUT2D eigenvalue weighted by Gasteiger charge is -2.15. The predicted octanol–water partition coefficient (Wildman–Crippen LogP) is 5.90. The van der Waals surface area contributed by atoms with E-state index in [-0.39, 0.29) is 5.78 Å². The largest absolute Gasteiger partial charge is 0.279 e. The van der Waals surface area contributed by atoms with Crippen molar-refractivity contribution in [2.45, 2.75) is 71.6 Å². The Bertz CT molecular complexity index is 988. The van der Waals surface area contributed by atoms with E-state index in [0.717, 1.165) is 68.9 Å². The summed E-state index contributed by atoms with van der Waals surface area (Å²) in [6, 6.07) is 13.3. The Morgan fingerprint density at radius 3 is 2.21 bits per heavy atom. The minimum atomic E-state index is -0.0353. The highest BCUT2D eigenvalue weighted by Crippen LogP contribution is 2.22. The number of hydrogen-bond acceptors (Lipinski definition) is 1.